The van der Waals surface area contributed by atoms with Crippen LogP contribution < -0.4 is 5.73 Å². The first-order valence-electron chi connectivity index (χ1n) is 5.32. The molecule has 0 saturated heterocycles. The molecule has 0 bridgehead atoms. The Kier molecular flexibility index (Phi) is 3.27. The number of hydrogen-bond donors (Lipinski definition) is 1. The molecular weight excluding hydrogens is 257 g/mol. The number of benzene rings is 1. The summed E-state index contributed by atoms with van der Waals surface area (Å²) in [4.78, 5) is 0. The van der Waals surface area contributed by atoms with Crippen molar-refractivity contribution in [3.05, 3.63) is 47.3 Å². The number of alkyl halides is 3. The third-order valence-corrected chi connectivity index (χ3v) is 2.54. The Bertz CT molecular complexity index is 637. The van der Waals surface area contributed by atoms with Gasteiger partial charge in [0.2, 0.25) is 0 Å². The van der Waals surface area contributed by atoms with Gasteiger partial charge in [-0.05, 0) is 23.8 Å². The van der Waals surface area contributed by atoms with Crippen molar-refractivity contribution in [1.29, 1.82) is 5.26 Å². The minimum absolute atomic E-state index is 0.222. The summed E-state index contributed by atoms with van der Waals surface area (Å²) in [5.41, 5.74) is 5.68. The van der Waals surface area contributed by atoms with Crippen LogP contribution in [0.25, 0.3) is 5.69 Å². The lowest BCUT2D eigenvalue weighted by Gasteiger charge is -2.06. The van der Waals surface area contributed by atoms with Gasteiger partial charge in [0.15, 0.2) is 5.69 Å². The highest BCUT2D eigenvalue weighted by atomic mass is 19.4. The predicted molar refractivity (Wildman–Crippen MR) is 61.2 cm³/mol. The van der Waals surface area contributed by atoms with Crippen molar-refractivity contribution in [2.24, 2.45) is 5.73 Å². The molecule has 0 atom stereocenters. The van der Waals surface area contributed by atoms with Gasteiger partial charge in [0.1, 0.15) is 6.07 Å². The fourth-order valence-corrected chi connectivity index (χ4v) is 1.61. The summed E-state index contributed by atoms with van der Waals surface area (Å²) in [7, 11) is 0. The molecule has 4 nitrogen and oxygen atoms in total. The maximum absolute atomic E-state index is 12.5. The second-order valence-corrected chi connectivity index (χ2v) is 3.81. The molecule has 19 heavy (non-hydrogen) atoms. The van der Waals surface area contributed by atoms with Crippen molar-refractivity contribution >= 4 is 0 Å². The zero-order chi connectivity index (χ0) is 14.0. The lowest BCUT2D eigenvalue weighted by atomic mass is 10.1. The van der Waals surface area contributed by atoms with Gasteiger partial charge in [-0.2, -0.15) is 23.5 Å². The maximum Gasteiger partial charge on any atom is 0.435 e. The van der Waals surface area contributed by atoms with E-state index in [0.717, 1.165) is 16.3 Å². The van der Waals surface area contributed by atoms with E-state index >= 15 is 0 Å². The Morgan fingerprint density at radius 1 is 1.32 bits per heavy atom. The van der Waals surface area contributed by atoms with Gasteiger partial charge in [-0.15, -0.1) is 0 Å². The molecule has 0 fully saturated rings. The molecule has 0 radical (unpaired) electrons. The van der Waals surface area contributed by atoms with Crippen LogP contribution in [0.4, 0.5) is 13.2 Å². The highest BCUT2D eigenvalue weighted by Crippen LogP contribution is 2.28. The summed E-state index contributed by atoms with van der Waals surface area (Å²) in [6.45, 7) is 0.252. The van der Waals surface area contributed by atoms with Crippen molar-refractivity contribution in [3.63, 3.8) is 0 Å². The molecule has 2 N–H and O–H groups in total. The Morgan fingerprint density at radius 2 is 2.05 bits per heavy atom. The molecule has 0 aliphatic rings. The van der Waals surface area contributed by atoms with Crippen molar-refractivity contribution in [2.45, 2.75) is 12.7 Å². The van der Waals surface area contributed by atoms with Crippen LogP contribution in [0, 0.1) is 11.3 Å². The largest absolute Gasteiger partial charge is 0.435 e. The fourth-order valence-electron chi connectivity index (χ4n) is 1.61. The average Bonchev–Trinajstić information content (AvgIpc) is 2.87. The standard InChI is InChI=1S/C12H9F3N4/c13-12(14,15)11-3-4-19(18-11)10-2-1-8(6-16)5-9(10)7-17/h1-5H,6,16H2. The summed E-state index contributed by atoms with van der Waals surface area (Å²) in [6, 6.07) is 7.48. The predicted octanol–water partition coefficient (Wildman–Crippen LogP) is 2.22. The summed E-state index contributed by atoms with van der Waals surface area (Å²) >= 11 is 0. The number of rotatable bonds is 2. The highest BCUT2D eigenvalue weighted by molar-refractivity contribution is 5.50. The molecule has 0 spiro atoms. The topological polar surface area (TPSA) is 67.6 Å². The van der Waals surface area contributed by atoms with Crippen LogP contribution >= 0.6 is 0 Å². The summed E-state index contributed by atoms with van der Waals surface area (Å²) in [5, 5.41) is 12.4. The van der Waals surface area contributed by atoms with Crippen LogP contribution in [0.2, 0.25) is 0 Å². The fraction of sp³-hybridized carbons (Fsp3) is 0.167. The van der Waals surface area contributed by atoms with E-state index in [9.17, 15) is 13.2 Å². The number of aromatic nitrogens is 2. The molecule has 0 unspecified atom stereocenters. The Hall–Kier alpha value is -2.33. The van der Waals surface area contributed by atoms with Gasteiger partial charge in [-0.25, -0.2) is 4.68 Å². The van der Waals surface area contributed by atoms with Crippen LogP contribution in [0.5, 0.6) is 0 Å². The molecule has 1 heterocycles. The van der Waals surface area contributed by atoms with Crippen LogP contribution in [-0.4, -0.2) is 9.78 Å². The van der Waals surface area contributed by atoms with E-state index < -0.39 is 11.9 Å². The normalized spacial score (nSPS) is 11.3. The molecule has 0 saturated carbocycles. The molecule has 2 rings (SSSR count). The molecule has 0 aliphatic carbocycles. The third-order valence-electron chi connectivity index (χ3n) is 2.54. The SMILES string of the molecule is N#Cc1cc(CN)ccc1-n1ccc(C(F)(F)F)n1. The Balaban J connectivity index is 2.48. The molecular formula is C12H9F3N4. The quantitative estimate of drug-likeness (QED) is 0.906. The first-order chi connectivity index (χ1) is 8.95. The maximum atomic E-state index is 12.5. The van der Waals surface area contributed by atoms with E-state index in [1.54, 1.807) is 6.07 Å². The third kappa shape index (κ3) is 2.58. The number of halogens is 3. The van der Waals surface area contributed by atoms with E-state index in [1.807, 2.05) is 6.07 Å². The number of nitrogens with zero attached hydrogens (tertiary/aromatic N) is 3. The van der Waals surface area contributed by atoms with Gasteiger partial charge in [-0.1, -0.05) is 6.07 Å². The second-order valence-electron chi connectivity index (χ2n) is 3.81. The summed E-state index contributed by atoms with van der Waals surface area (Å²) in [5.74, 6) is 0. The minimum atomic E-state index is -4.50. The molecule has 0 aliphatic heterocycles. The summed E-state index contributed by atoms with van der Waals surface area (Å²) in [6.07, 6.45) is -3.34. The lowest BCUT2D eigenvalue weighted by Crippen LogP contribution is -2.08. The van der Waals surface area contributed by atoms with Crippen molar-refractivity contribution < 1.29 is 13.2 Å². The van der Waals surface area contributed by atoms with Crippen LogP contribution in [0.1, 0.15) is 16.8 Å². The van der Waals surface area contributed by atoms with Gasteiger partial charge < -0.3 is 5.73 Å². The second kappa shape index (κ2) is 4.74. The molecule has 98 valence electrons. The Morgan fingerprint density at radius 3 is 2.58 bits per heavy atom. The van der Waals surface area contributed by atoms with Crippen LogP contribution in [0.3, 0.4) is 0 Å². The van der Waals surface area contributed by atoms with E-state index in [4.69, 9.17) is 11.0 Å². The average molecular weight is 266 g/mol. The van der Waals surface area contributed by atoms with Gasteiger partial charge >= 0.3 is 6.18 Å². The molecule has 1 aromatic heterocycles. The smallest absolute Gasteiger partial charge is 0.326 e. The highest BCUT2D eigenvalue weighted by Gasteiger charge is 2.33. The molecule has 0 amide bonds. The van der Waals surface area contributed by atoms with Gasteiger partial charge in [0.05, 0.1) is 11.3 Å². The van der Waals surface area contributed by atoms with Crippen LogP contribution in [0.15, 0.2) is 30.5 Å². The van der Waals surface area contributed by atoms with E-state index in [2.05, 4.69) is 5.10 Å². The minimum Gasteiger partial charge on any atom is -0.326 e. The molecule has 1 aromatic carbocycles. The van der Waals surface area contributed by atoms with Crippen molar-refractivity contribution in [1.82, 2.24) is 9.78 Å². The zero-order valence-electron chi connectivity index (χ0n) is 9.65. The van der Waals surface area contributed by atoms with Gasteiger partial charge in [-0.3, -0.25) is 0 Å². The first-order valence-corrected chi connectivity index (χ1v) is 5.32. The lowest BCUT2D eigenvalue weighted by molar-refractivity contribution is -0.141. The molecule has 2 aromatic rings. The van der Waals surface area contributed by atoms with Crippen molar-refractivity contribution in [3.8, 4) is 11.8 Å². The summed E-state index contributed by atoms with van der Waals surface area (Å²) < 4.78 is 38.4. The van der Waals surface area contributed by atoms with E-state index in [-0.39, 0.29) is 17.8 Å². The number of nitriles is 1. The number of hydrogen-bond acceptors (Lipinski definition) is 3. The number of nitrogens with two attached hydrogens (primary N) is 1. The van der Waals surface area contributed by atoms with E-state index in [1.165, 1.54) is 18.3 Å². The van der Waals surface area contributed by atoms with Crippen molar-refractivity contribution in [2.75, 3.05) is 0 Å². The van der Waals surface area contributed by atoms with E-state index in [0.29, 0.717) is 0 Å². The van der Waals surface area contributed by atoms with Gasteiger partial charge in [0.25, 0.3) is 0 Å². The first kappa shape index (κ1) is 13.1. The Labute approximate surface area is 106 Å². The monoisotopic (exact) mass is 266 g/mol. The van der Waals surface area contributed by atoms with Crippen LogP contribution in [-0.2, 0) is 12.7 Å². The zero-order valence-corrected chi connectivity index (χ0v) is 9.65. The van der Waals surface area contributed by atoms with Gasteiger partial charge in [0, 0.05) is 12.7 Å². The molecule has 7 heteroatoms.